The van der Waals surface area contributed by atoms with E-state index in [4.69, 9.17) is 5.11 Å². The van der Waals surface area contributed by atoms with Gasteiger partial charge in [0.05, 0.1) is 9.40 Å². The molecule has 0 radical (unpaired) electrons. The maximum absolute atomic E-state index is 11.0. The summed E-state index contributed by atoms with van der Waals surface area (Å²) in [6.45, 7) is 1.97. The van der Waals surface area contributed by atoms with Gasteiger partial charge < -0.3 is 5.11 Å². The van der Waals surface area contributed by atoms with E-state index in [2.05, 4.69) is 20.8 Å². The van der Waals surface area contributed by atoms with Gasteiger partial charge in [-0.3, -0.25) is 15.0 Å². The van der Waals surface area contributed by atoms with Crippen LogP contribution >= 0.6 is 15.9 Å². The molecule has 20 heavy (non-hydrogen) atoms. The van der Waals surface area contributed by atoms with Gasteiger partial charge in [0.15, 0.2) is 0 Å². The van der Waals surface area contributed by atoms with Gasteiger partial charge in [0.2, 0.25) is 0 Å². The molecule has 0 aliphatic carbocycles. The summed E-state index contributed by atoms with van der Waals surface area (Å²) in [6.07, 6.45) is 4.11. The zero-order chi connectivity index (χ0) is 14.5. The predicted molar refractivity (Wildman–Crippen MR) is 80.5 cm³/mol. The van der Waals surface area contributed by atoms with Crippen LogP contribution in [0.2, 0.25) is 0 Å². The molecular formula is C14H19BrN2O3. The number of hydrogen-bond acceptors (Lipinski definition) is 4. The second kappa shape index (κ2) is 7.15. The van der Waals surface area contributed by atoms with Crippen molar-refractivity contribution >= 4 is 21.6 Å². The maximum Gasteiger partial charge on any atom is 0.283 e. The van der Waals surface area contributed by atoms with Gasteiger partial charge in [0, 0.05) is 25.3 Å². The largest absolute Gasteiger partial charge is 0.396 e. The number of nitro groups is 1. The Morgan fingerprint density at radius 1 is 1.50 bits per heavy atom. The maximum atomic E-state index is 11.0. The van der Waals surface area contributed by atoms with Crippen molar-refractivity contribution in [1.82, 2.24) is 4.90 Å². The Morgan fingerprint density at radius 3 is 3.00 bits per heavy atom. The van der Waals surface area contributed by atoms with E-state index in [1.54, 1.807) is 6.07 Å². The smallest absolute Gasteiger partial charge is 0.283 e. The number of rotatable bonds is 6. The minimum Gasteiger partial charge on any atom is -0.396 e. The summed E-state index contributed by atoms with van der Waals surface area (Å²) in [4.78, 5) is 13.0. The van der Waals surface area contributed by atoms with Gasteiger partial charge >= 0.3 is 0 Å². The lowest BCUT2D eigenvalue weighted by Crippen LogP contribution is -2.29. The zero-order valence-electron chi connectivity index (χ0n) is 11.3. The molecule has 1 saturated heterocycles. The number of aliphatic hydroxyl groups is 1. The lowest BCUT2D eigenvalue weighted by atomic mass is 10.1. The summed E-state index contributed by atoms with van der Waals surface area (Å²) in [5, 5.41) is 19.9. The molecule has 1 unspecified atom stereocenters. The normalized spacial score (nSPS) is 19.4. The highest BCUT2D eigenvalue weighted by molar-refractivity contribution is 9.10. The van der Waals surface area contributed by atoms with Gasteiger partial charge in [-0.15, -0.1) is 0 Å². The third-order valence-electron chi connectivity index (χ3n) is 3.82. The lowest BCUT2D eigenvalue weighted by molar-refractivity contribution is -0.385. The van der Waals surface area contributed by atoms with Gasteiger partial charge in [-0.05, 0) is 53.7 Å². The number of benzene rings is 1. The van der Waals surface area contributed by atoms with Crippen LogP contribution < -0.4 is 0 Å². The van der Waals surface area contributed by atoms with Gasteiger partial charge in [-0.1, -0.05) is 12.1 Å². The first-order chi connectivity index (χ1) is 9.63. The molecule has 1 aromatic rings. The highest BCUT2D eigenvalue weighted by Gasteiger charge is 2.25. The van der Waals surface area contributed by atoms with Crippen LogP contribution in [0.1, 0.15) is 31.2 Å². The third kappa shape index (κ3) is 3.56. The van der Waals surface area contributed by atoms with E-state index in [9.17, 15) is 10.1 Å². The first kappa shape index (κ1) is 15.4. The standard InChI is InChI=1S/C14H19BrN2O3/c15-14-11(4-1-7-13(14)17(19)20)10-16-8-2-5-12(16)6-3-9-18/h1,4,7,12,18H,2-3,5-6,8-10H2. The Morgan fingerprint density at radius 2 is 2.30 bits per heavy atom. The summed E-state index contributed by atoms with van der Waals surface area (Å²) in [6, 6.07) is 5.66. The summed E-state index contributed by atoms with van der Waals surface area (Å²) in [7, 11) is 0. The first-order valence-electron chi connectivity index (χ1n) is 6.90. The van der Waals surface area contributed by atoms with Crippen molar-refractivity contribution in [1.29, 1.82) is 0 Å². The number of hydrogen-bond donors (Lipinski definition) is 1. The van der Waals surface area contributed by atoms with Gasteiger partial charge in [0.25, 0.3) is 5.69 Å². The monoisotopic (exact) mass is 342 g/mol. The summed E-state index contributed by atoms with van der Waals surface area (Å²) < 4.78 is 0.581. The van der Waals surface area contributed by atoms with E-state index in [0.717, 1.165) is 44.3 Å². The number of halogens is 1. The molecule has 5 nitrogen and oxygen atoms in total. The Balaban J connectivity index is 2.09. The molecule has 0 saturated carbocycles. The molecule has 0 amide bonds. The average Bonchev–Trinajstić information content (AvgIpc) is 2.85. The van der Waals surface area contributed by atoms with Crippen LogP contribution in [0.4, 0.5) is 5.69 Å². The van der Waals surface area contributed by atoms with Crippen molar-refractivity contribution in [3.63, 3.8) is 0 Å². The van der Waals surface area contributed by atoms with E-state index < -0.39 is 0 Å². The van der Waals surface area contributed by atoms with E-state index in [0.29, 0.717) is 10.5 Å². The molecule has 0 spiro atoms. The fourth-order valence-electron chi connectivity index (χ4n) is 2.81. The molecule has 2 rings (SSSR count). The first-order valence-corrected chi connectivity index (χ1v) is 7.69. The molecule has 6 heteroatoms. The second-order valence-electron chi connectivity index (χ2n) is 5.14. The fraction of sp³-hybridized carbons (Fsp3) is 0.571. The van der Waals surface area contributed by atoms with Crippen LogP contribution in [0.3, 0.4) is 0 Å². The quantitative estimate of drug-likeness (QED) is 0.637. The van der Waals surface area contributed by atoms with Gasteiger partial charge in [0.1, 0.15) is 0 Å². The number of nitro benzene ring substituents is 1. The van der Waals surface area contributed by atoms with E-state index in [1.165, 1.54) is 6.07 Å². The molecule has 1 atom stereocenters. The zero-order valence-corrected chi connectivity index (χ0v) is 12.9. The molecule has 110 valence electrons. The molecule has 0 bridgehead atoms. The SMILES string of the molecule is O=[N+]([O-])c1cccc(CN2CCCC2CCCO)c1Br. The number of aliphatic hydroxyl groups excluding tert-OH is 1. The predicted octanol–water partition coefficient (Wildman–Crippen LogP) is 3.09. The summed E-state index contributed by atoms with van der Waals surface area (Å²) in [5.74, 6) is 0. The molecular weight excluding hydrogens is 324 g/mol. The minimum atomic E-state index is -0.360. The molecule has 1 aliphatic rings. The minimum absolute atomic E-state index is 0.119. The number of nitrogens with zero attached hydrogens (tertiary/aromatic N) is 2. The van der Waals surface area contributed by atoms with Crippen LogP contribution in [0.15, 0.2) is 22.7 Å². The van der Waals surface area contributed by atoms with Gasteiger partial charge in [-0.2, -0.15) is 0 Å². The van der Waals surface area contributed by atoms with E-state index >= 15 is 0 Å². The van der Waals surface area contributed by atoms with E-state index in [-0.39, 0.29) is 17.2 Å². The van der Waals surface area contributed by atoms with E-state index in [1.807, 2.05) is 6.07 Å². The Hall–Kier alpha value is -0.980. The fourth-order valence-corrected chi connectivity index (χ4v) is 3.34. The lowest BCUT2D eigenvalue weighted by Gasteiger charge is -2.24. The van der Waals surface area contributed by atoms with Crippen molar-refractivity contribution in [3.8, 4) is 0 Å². The van der Waals surface area contributed by atoms with Crippen molar-refractivity contribution in [2.24, 2.45) is 0 Å². The van der Waals surface area contributed by atoms with Crippen LogP contribution in [0, 0.1) is 10.1 Å². The van der Waals surface area contributed by atoms with Crippen molar-refractivity contribution in [2.45, 2.75) is 38.3 Å². The molecule has 1 heterocycles. The Labute approximate surface area is 126 Å². The Bertz CT molecular complexity index is 481. The molecule has 1 N–H and O–H groups in total. The molecule has 1 aliphatic heterocycles. The van der Waals surface area contributed by atoms with Crippen molar-refractivity contribution in [3.05, 3.63) is 38.3 Å². The highest BCUT2D eigenvalue weighted by atomic mass is 79.9. The van der Waals surface area contributed by atoms with Crippen molar-refractivity contribution < 1.29 is 10.0 Å². The average molecular weight is 343 g/mol. The highest BCUT2D eigenvalue weighted by Crippen LogP contribution is 2.31. The topological polar surface area (TPSA) is 66.6 Å². The van der Waals surface area contributed by atoms with Crippen LogP contribution in [-0.2, 0) is 6.54 Å². The number of likely N-dealkylation sites (tertiary alicyclic amines) is 1. The molecule has 0 aromatic heterocycles. The van der Waals surface area contributed by atoms with Crippen LogP contribution in [-0.4, -0.2) is 34.1 Å². The third-order valence-corrected chi connectivity index (χ3v) is 4.74. The second-order valence-corrected chi connectivity index (χ2v) is 5.93. The van der Waals surface area contributed by atoms with Gasteiger partial charge in [-0.25, -0.2) is 0 Å². The summed E-state index contributed by atoms with van der Waals surface area (Å²) in [5.41, 5.74) is 1.07. The Kier molecular flexibility index (Phi) is 5.51. The molecule has 1 aromatic carbocycles. The molecule has 1 fully saturated rings. The van der Waals surface area contributed by atoms with Crippen molar-refractivity contribution in [2.75, 3.05) is 13.2 Å². The van der Waals surface area contributed by atoms with Crippen LogP contribution in [0.25, 0.3) is 0 Å². The van der Waals surface area contributed by atoms with Crippen LogP contribution in [0.5, 0.6) is 0 Å². The summed E-state index contributed by atoms with van der Waals surface area (Å²) >= 11 is 3.35.